The molecule has 0 aliphatic rings. The number of hydrogen-bond acceptors (Lipinski definition) is 3. The Balaban J connectivity index is 4.38. The predicted molar refractivity (Wildman–Crippen MR) is 60.5 cm³/mol. The number of carbonyl (C=O) groups excluding carboxylic acids is 1. The molecule has 0 aromatic heterocycles. The summed E-state index contributed by atoms with van der Waals surface area (Å²) >= 11 is 0. The molecule has 0 amide bonds. The average Bonchev–Trinajstić information content (AvgIpc) is 2.23. The van der Waals surface area contributed by atoms with E-state index in [2.05, 4.69) is 13.8 Å². The second-order valence-electron chi connectivity index (χ2n) is 3.83. The lowest BCUT2D eigenvalue weighted by Gasteiger charge is -2.23. The Labute approximate surface area is 92.8 Å². The van der Waals surface area contributed by atoms with Gasteiger partial charge in [0.25, 0.3) is 0 Å². The fourth-order valence-electron chi connectivity index (χ4n) is 2.00. The molecule has 3 nitrogen and oxygen atoms in total. The van der Waals surface area contributed by atoms with E-state index in [-0.39, 0.29) is 18.5 Å². The highest BCUT2D eigenvalue weighted by Gasteiger charge is 2.26. The van der Waals surface area contributed by atoms with Crippen LogP contribution >= 0.6 is 0 Å². The second kappa shape index (κ2) is 8.72. The van der Waals surface area contributed by atoms with Gasteiger partial charge in [0, 0.05) is 6.61 Å². The molecule has 0 bridgehead atoms. The fraction of sp³-hybridized carbons (Fsp3) is 0.917. The second-order valence-corrected chi connectivity index (χ2v) is 3.83. The van der Waals surface area contributed by atoms with Crippen molar-refractivity contribution in [1.29, 1.82) is 0 Å². The van der Waals surface area contributed by atoms with E-state index in [9.17, 15) is 4.79 Å². The lowest BCUT2D eigenvalue weighted by atomic mass is 9.84. The maximum Gasteiger partial charge on any atom is 0.309 e. The van der Waals surface area contributed by atoms with Crippen molar-refractivity contribution >= 4 is 5.97 Å². The van der Waals surface area contributed by atoms with E-state index >= 15 is 0 Å². The third-order valence-corrected chi connectivity index (χ3v) is 2.78. The number of aliphatic hydroxyl groups is 1. The summed E-state index contributed by atoms with van der Waals surface area (Å²) in [4.78, 5) is 11.7. The van der Waals surface area contributed by atoms with Gasteiger partial charge in [-0.25, -0.2) is 0 Å². The van der Waals surface area contributed by atoms with Crippen LogP contribution in [0.3, 0.4) is 0 Å². The molecule has 15 heavy (non-hydrogen) atoms. The topological polar surface area (TPSA) is 46.5 Å². The maximum atomic E-state index is 11.7. The highest BCUT2D eigenvalue weighted by atomic mass is 16.5. The van der Waals surface area contributed by atoms with Gasteiger partial charge in [-0.1, -0.05) is 26.7 Å². The number of rotatable bonds is 8. The van der Waals surface area contributed by atoms with E-state index in [1.54, 1.807) is 0 Å². The number of carbonyl (C=O) groups is 1. The Morgan fingerprint density at radius 1 is 1.27 bits per heavy atom. The largest absolute Gasteiger partial charge is 0.466 e. The Kier molecular flexibility index (Phi) is 8.38. The van der Waals surface area contributed by atoms with Crippen LogP contribution in [0.2, 0.25) is 0 Å². The number of ether oxygens (including phenoxy) is 1. The SMILES string of the molecule is CCCC(CC)C(CCO)C(=O)OCC. The first-order valence-electron chi connectivity index (χ1n) is 5.98. The van der Waals surface area contributed by atoms with Crippen LogP contribution in [0.25, 0.3) is 0 Å². The minimum absolute atomic E-state index is 0.0592. The zero-order valence-corrected chi connectivity index (χ0v) is 10.2. The normalized spacial score (nSPS) is 14.7. The van der Waals surface area contributed by atoms with Gasteiger partial charge in [0.2, 0.25) is 0 Å². The molecule has 0 spiro atoms. The quantitative estimate of drug-likeness (QED) is 0.634. The lowest BCUT2D eigenvalue weighted by Crippen LogP contribution is -2.26. The highest BCUT2D eigenvalue weighted by Crippen LogP contribution is 2.25. The van der Waals surface area contributed by atoms with Crippen LogP contribution in [-0.2, 0) is 9.53 Å². The fourth-order valence-corrected chi connectivity index (χ4v) is 2.00. The molecule has 0 saturated heterocycles. The van der Waals surface area contributed by atoms with Crippen molar-refractivity contribution in [2.45, 2.75) is 46.5 Å². The van der Waals surface area contributed by atoms with Crippen molar-refractivity contribution < 1.29 is 14.6 Å². The first-order valence-corrected chi connectivity index (χ1v) is 5.98. The van der Waals surface area contributed by atoms with Crippen LogP contribution in [0.1, 0.15) is 46.5 Å². The van der Waals surface area contributed by atoms with Crippen molar-refractivity contribution in [2.75, 3.05) is 13.2 Å². The van der Waals surface area contributed by atoms with E-state index < -0.39 is 0 Å². The van der Waals surface area contributed by atoms with Crippen LogP contribution in [0.15, 0.2) is 0 Å². The Morgan fingerprint density at radius 2 is 1.93 bits per heavy atom. The third kappa shape index (κ3) is 5.17. The van der Waals surface area contributed by atoms with Gasteiger partial charge >= 0.3 is 5.97 Å². The van der Waals surface area contributed by atoms with Crippen LogP contribution in [0, 0.1) is 11.8 Å². The van der Waals surface area contributed by atoms with Crippen LogP contribution < -0.4 is 0 Å². The standard InChI is InChI=1S/C12H24O3/c1-4-7-10(5-2)11(8-9-13)12(14)15-6-3/h10-11,13H,4-9H2,1-3H3. The number of esters is 1. The van der Waals surface area contributed by atoms with E-state index in [1.165, 1.54) is 0 Å². The van der Waals surface area contributed by atoms with Gasteiger partial charge in [-0.2, -0.15) is 0 Å². The minimum atomic E-state index is -0.146. The summed E-state index contributed by atoms with van der Waals surface area (Å²) in [6.07, 6.45) is 3.59. The van der Waals surface area contributed by atoms with Crippen LogP contribution in [0.5, 0.6) is 0 Å². The van der Waals surface area contributed by atoms with Crippen molar-refractivity contribution in [3.63, 3.8) is 0 Å². The minimum Gasteiger partial charge on any atom is -0.466 e. The molecule has 0 aliphatic heterocycles. The van der Waals surface area contributed by atoms with Gasteiger partial charge in [-0.05, 0) is 25.7 Å². The Hall–Kier alpha value is -0.570. The molecule has 0 saturated carbocycles. The van der Waals surface area contributed by atoms with Crippen LogP contribution in [0.4, 0.5) is 0 Å². The van der Waals surface area contributed by atoms with Gasteiger partial charge in [0.15, 0.2) is 0 Å². The van der Waals surface area contributed by atoms with Crippen molar-refractivity contribution in [3.8, 4) is 0 Å². The predicted octanol–water partition coefficient (Wildman–Crippen LogP) is 2.37. The zero-order chi connectivity index (χ0) is 11.7. The van der Waals surface area contributed by atoms with Crippen molar-refractivity contribution in [1.82, 2.24) is 0 Å². The summed E-state index contributed by atoms with van der Waals surface area (Å²) in [6.45, 7) is 6.50. The molecule has 2 atom stereocenters. The molecule has 90 valence electrons. The monoisotopic (exact) mass is 216 g/mol. The molecule has 0 aromatic carbocycles. The number of aliphatic hydroxyl groups excluding tert-OH is 1. The van der Waals surface area contributed by atoms with Gasteiger partial charge < -0.3 is 9.84 Å². The summed E-state index contributed by atoms with van der Waals surface area (Å²) in [7, 11) is 0. The summed E-state index contributed by atoms with van der Waals surface area (Å²) in [5.41, 5.74) is 0. The summed E-state index contributed by atoms with van der Waals surface area (Å²) < 4.78 is 5.04. The van der Waals surface area contributed by atoms with E-state index in [4.69, 9.17) is 9.84 Å². The molecule has 1 N–H and O–H groups in total. The smallest absolute Gasteiger partial charge is 0.309 e. The van der Waals surface area contributed by atoms with Gasteiger partial charge in [-0.3, -0.25) is 4.79 Å². The highest BCUT2D eigenvalue weighted by molar-refractivity contribution is 5.72. The number of hydrogen-bond donors (Lipinski definition) is 1. The van der Waals surface area contributed by atoms with E-state index in [0.717, 1.165) is 19.3 Å². The molecule has 3 heteroatoms. The van der Waals surface area contributed by atoms with E-state index in [1.807, 2.05) is 6.92 Å². The molecule has 0 heterocycles. The molecular weight excluding hydrogens is 192 g/mol. The van der Waals surface area contributed by atoms with Crippen molar-refractivity contribution in [2.24, 2.45) is 11.8 Å². The lowest BCUT2D eigenvalue weighted by molar-refractivity contribution is -0.151. The first kappa shape index (κ1) is 14.4. The molecule has 0 radical (unpaired) electrons. The van der Waals surface area contributed by atoms with Gasteiger partial charge in [-0.15, -0.1) is 0 Å². The molecule has 2 unspecified atom stereocenters. The average molecular weight is 216 g/mol. The van der Waals surface area contributed by atoms with E-state index in [0.29, 0.717) is 18.9 Å². The zero-order valence-electron chi connectivity index (χ0n) is 10.2. The molecule has 0 aliphatic carbocycles. The van der Waals surface area contributed by atoms with Crippen LogP contribution in [-0.4, -0.2) is 24.3 Å². The summed E-state index contributed by atoms with van der Waals surface area (Å²) in [6, 6.07) is 0. The molecular formula is C12H24O3. The van der Waals surface area contributed by atoms with Gasteiger partial charge in [0.05, 0.1) is 12.5 Å². The Bertz CT molecular complexity index is 168. The maximum absolute atomic E-state index is 11.7. The summed E-state index contributed by atoms with van der Waals surface area (Å²) in [5, 5.41) is 8.96. The third-order valence-electron chi connectivity index (χ3n) is 2.78. The Morgan fingerprint density at radius 3 is 2.33 bits per heavy atom. The van der Waals surface area contributed by atoms with Crippen molar-refractivity contribution in [3.05, 3.63) is 0 Å². The summed E-state index contributed by atoms with van der Waals surface area (Å²) in [5.74, 6) is 0.0768. The van der Waals surface area contributed by atoms with Gasteiger partial charge in [0.1, 0.15) is 0 Å². The molecule has 0 aromatic rings. The molecule has 0 rings (SSSR count). The first-order chi connectivity index (χ1) is 7.21. The molecule has 0 fully saturated rings.